The number of ether oxygens (including phenoxy) is 2. The first kappa shape index (κ1) is 34.1. The van der Waals surface area contributed by atoms with Crippen molar-refractivity contribution < 1.29 is 27.6 Å². The van der Waals surface area contributed by atoms with Crippen molar-refractivity contribution in [1.29, 1.82) is 0 Å². The summed E-state index contributed by atoms with van der Waals surface area (Å²) in [5.74, 6) is 1.90. The lowest BCUT2D eigenvalue weighted by molar-refractivity contribution is 0.247. The summed E-state index contributed by atoms with van der Waals surface area (Å²) in [6.45, 7) is 5.54. The summed E-state index contributed by atoms with van der Waals surface area (Å²) in [6, 6.07) is 39.7. The molecule has 0 radical (unpaired) electrons. The van der Waals surface area contributed by atoms with E-state index in [2.05, 4.69) is 98.8 Å². The maximum Gasteiger partial charge on any atom is 0.187 e. The molecule has 5 aromatic carbocycles. The topological polar surface area (TPSA) is 95.9 Å². The third kappa shape index (κ3) is 8.78. The molecule has 8 heteroatoms. The van der Waals surface area contributed by atoms with Gasteiger partial charge in [-0.2, -0.15) is 0 Å². The summed E-state index contributed by atoms with van der Waals surface area (Å²) in [5, 5.41) is 11.8. The van der Waals surface area contributed by atoms with Crippen LogP contribution in [0.3, 0.4) is 0 Å². The molecule has 0 saturated carbocycles. The summed E-state index contributed by atoms with van der Waals surface area (Å²) in [6.07, 6.45) is 2.52. The molecule has 0 aliphatic heterocycles. The third-order valence-electron chi connectivity index (χ3n) is 8.06. The molecule has 6 aromatic rings. The highest BCUT2D eigenvalue weighted by Gasteiger charge is 2.22. The fourth-order valence-corrected chi connectivity index (χ4v) is 8.15. The Labute approximate surface area is 280 Å². The van der Waals surface area contributed by atoms with E-state index in [0.717, 1.165) is 18.6 Å². The van der Waals surface area contributed by atoms with Gasteiger partial charge in [-0.05, 0) is 103 Å². The minimum Gasteiger partial charge on any atom is -0.744 e. The fourth-order valence-electron chi connectivity index (χ4n) is 5.30. The molecule has 0 fully saturated rings. The van der Waals surface area contributed by atoms with Crippen LogP contribution in [0.4, 0.5) is 0 Å². The van der Waals surface area contributed by atoms with Gasteiger partial charge >= 0.3 is 0 Å². The number of hydrogen-bond acceptors (Lipinski definition) is 6. The van der Waals surface area contributed by atoms with Gasteiger partial charge in [0, 0.05) is 34.3 Å². The van der Waals surface area contributed by atoms with Gasteiger partial charge in [0.1, 0.15) is 21.6 Å². The maximum absolute atomic E-state index is 10.8. The number of aliphatic hydroxyl groups excluding tert-OH is 1. The Morgan fingerprint density at radius 2 is 1.23 bits per heavy atom. The Bertz CT molecular complexity index is 1930. The number of benzene rings is 5. The lowest BCUT2D eigenvalue weighted by Gasteiger charge is -2.11. The normalized spacial score (nSPS) is 12.0. The van der Waals surface area contributed by atoms with Crippen molar-refractivity contribution in [2.75, 3.05) is 19.8 Å². The van der Waals surface area contributed by atoms with Crippen LogP contribution in [-0.2, 0) is 16.5 Å². The molecule has 0 aliphatic carbocycles. The zero-order chi connectivity index (χ0) is 33.2. The number of thiophene rings is 1. The van der Waals surface area contributed by atoms with Crippen molar-refractivity contribution in [3.8, 4) is 16.4 Å². The van der Waals surface area contributed by atoms with Gasteiger partial charge < -0.3 is 19.1 Å². The first-order valence-corrected chi connectivity index (χ1v) is 18.5. The maximum atomic E-state index is 10.8. The highest BCUT2D eigenvalue weighted by molar-refractivity contribution is 7.85. The van der Waals surface area contributed by atoms with Crippen LogP contribution < -0.4 is 9.47 Å². The van der Waals surface area contributed by atoms with Gasteiger partial charge in [-0.3, -0.25) is 0 Å². The van der Waals surface area contributed by atoms with E-state index in [1.54, 1.807) is 0 Å². The van der Waals surface area contributed by atoms with Gasteiger partial charge in [-0.1, -0.05) is 62.4 Å². The van der Waals surface area contributed by atoms with Crippen LogP contribution in [0.2, 0.25) is 0 Å². The van der Waals surface area contributed by atoms with E-state index in [4.69, 9.17) is 14.6 Å². The quantitative estimate of drug-likeness (QED) is 0.0794. The van der Waals surface area contributed by atoms with Gasteiger partial charge in [-0.15, -0.1) is 0 Å². The number of rotatable bonds is 12. The Morgan fingerprint density at radius 3 is 1.72 bits per heavy atom. The van der Waals surface area contributed by atoms with Crippen molar-refractivity contribution >= 4 is 40.8 Å². The first-order chi connectivity index (χ1) is 22.8. The van der Waals surface area contributed by atoms with Crippen molar-refractivity contribution in [3.05, 3.63) is 132 Å². The Kier molecular flexibility index (Phi) is 11.7. The fraction of sp³-hybridized carbons (Fsp3) is 0.231. The molecule has 1 heterocycles. The third-order valence-corrected chi connectivity index (χ3v) is 11.2. The Morgan fingerprint density at radius 1 is 0.723 bits per heavy atom. The molecule has 47 heavy (non-hydrogen) atoms. The largest absolute Gasteiger partial charge is 0.744 e. The minimum absolute atomic E-state index is 0.0153. The molecule has 0 spiro atoms. The minimum atomic E-state index is -4.42. The van der Waals surface area contributed by atoms with Crippen molar-refractivity contribution in [3.63, 3.8) is 0 Å². The zero-order valence-electron chi connectivity index (χ0n) is 26.7. The molecule has 0 saturated heterocycles. The molecular formula is C39H40O6S2. The molecule has 6 nitrogen and oxygen atoms in total. The van der Waals surface area contributed by atoms with Crippen LogP contribution in [0.1, 0.15) is 43.7 Å². The molecule has 0 amide bonds. The monoisotopic (exact) mass is 668 g/mol. The highest BCUT2D eigenvalue weighted by atomic mass is 32.2. The van der Waals surface area contributed by atoms with E-state index in [0.29, 0.717) is 31.3 Å². The van der Waals surface area contributed by atoms with E-state index >= 15 is 0 Å². The average molecular weight is 669 g/mol. The first-order valence-electron chi connectivity index (χ1n) is 15.8. The summed E-state index contributed by atoms with van der Waals surface area (Å²) in [4.78, 5) is 1.09. The molecule has 6 rings (SSSR count). The lowest BCUT2D eigenvalue weighted by atomic mass is 9.99. The predicted molar refractivity (Wildman–Crippen MR) is 191 cm³/mol. The summed E-state index contributed by atoms with van der Waals surface area (Å²) >= 11 is 0. The van der Waals surface area contributed by atoms with E-state index in [1.807, 2.05) is 12.1 Å². The molecule has 244 valence electrons. The standard InChI is InChI=1S/C20H17OS.C19H24O5S/c21-14-13-15-9-11-16(12-10-15)22-19-7-3-1-5-17(19)18-6-2-4-8-20(18)22;1-3-15(2)16-5-7-17(8-6-16)23-13-4-14-24-18-9-11-19(12-10-18)25(20,21)22/h1-12,21H,13-14H2;5-12,15H,3-4,13-14H2,1-2H3,(H,20,21,22)/q+1;/p-1. The number of fused-ring (bicyclic) bond motifs is 3. The van der Waals surface area contributed by atoms with Crippen LogP contribution >= 0.6 is 10.5 Å². The smallest absolute Gasteiger partial charge is 0.187 e. The van der Waals surface area contributed by atoms with Crippen LogP contribution in [0, 0.1) is 0 Å². The van der Waals surface area contributed by atoms with Gasteiger partial charge in [0.15, 0.2) is 14.3 Å². The lowest BCUT2D eigenvalue weighted by Crippen LogP contribution is -2.05. The molecule has 1 atom stereocenters. The molecule has 1 N–H and O–H groups in total. The van der Waals surface area contributed by atoms with E-state index < -0.39 is 10.1 Å². The van der Waals surface area contributed by atoms with Crippen LogP contribution in [0.15, 0.2) is 126 Å². The second kappa shape index (κ2) is 16.1. The van der Waals surface area contributed by atoms with Gasteiger partial charge in [0.25, 0.3) is 0 Å². The molecular weight excluding hydrogens is 629 g/mol. The Hall–Kier alpha value is -4.21. The van der Waals surface area contributed by atoms with Gasteiger partial charge in [0.2, 0.25) is 0 Å². The average Bonchev–Trinajstić information content (AvgIpc) is 3.43. The molecule has 0 aliphatic rings. The summed E-state index contributed by atoms with van der Waals surface area (Å²) in [7, 11) is -4.43. The summed E-state index contributed by atoms with van der Waals surface area (Å²) < 4.78 is 46.5. The van der Waals surface area contributed by atoms with Crippen LogP contribution in [-0.4, -0.2) is 37.9 Å². The number of aliphatic hydroxyl groups is 1. The van der Waals surface area contributed by atoms with Gasteiger partial charge in [0.05, 0.1) is 18.1 Å². The van der Waals surface area contributed by atoms with E-state index in [9.17, 15) is 13.0 Å². The highest BCUT2D eigenvalue weighted by Crippen LogP contribution is 2.48. The predicted octanol–water partition coefficient (Wildman–Crippen LogP) is 9.22. The van der Waals surface area contributed by atoms with Crippen LogP contribution in [0.5, 0.6) is 11.5 Å². The second-order valence-corrected chi connectivity index (χ2v) is 14.6. The van der Waals surface area contributed by atoms with E-state index in [-0.39, 0.29) is 22.0 Å². The molecule has 0 bridgehead atoms. The van der Waals surface area contributed by atoms with Crippen molar-refractivity contribution in [2.45, 2.75) is 43.9 Å². The van der Waals surface area contributed by atoms with Crippen molar-refractivity contribution in [1.82, 2.24) is 0 Å². The Balaban J connectivity index is 0.000000185. The zero-order valence-corrected chi connectivity index (χ0v) is 28.3. The molecule has 1 aromatic heterocycles. The van der Waals surface area contributed by atoms with Gasteiger partial charge in [-0.25, -0.2) is 8.42 Å². The van der Waals surface area contributed by atoms with E-state index in [1.165, 1.54) is 60.5 Å². The summed E-state index contributed by atoms with van der Waals surface area (Å²) in [5.41, 5.74) is 2.50. The second-order valence-electron chi connectivity index (χ2n) is 11.3. The SMILES string of the molecule is CCC(C)c1ccc(OCCCOc2ccc(S(=O)(=O)[O-])cc2)cc1.OCCc1ccc(-[s+]2c3ccccc3c3ccccc32)cc1. The van der Waals surface area contributed by atoms with Crippen molar-refractivity contribution in [2.24, 2.45) is 0 Å². The number of hydrogen-bond donors (Lipinski definition) is 1. The molecule has 1 unspecified atom stereocenters. The van der Waals surface area contributed by atoms with Crippen LogP contribution in [0.25, 0.3) is 25.1 Å².